The number of nitrogens with one attached hydrogen (secondary N) is 2. The van der Waals surface area contributed by atoms with Crippen molar-refractivity contribution in [2.75, 3.05) is 10.6 Å². The van der Waals surface area contributed by atoms with E-state index < -0.39 is 11.7 Å². The summed E-state index contributed by atoms with van der Waals surface area (Å²) in [5, 5.41) is 8.70. The zero-order chi connectivity index (χ0) is 19.7. The second-order valence-corrected chi connectivity index (χ2v) is 6.49. The summed E-state index contributed by atoms with van der Waals surface area (Å²) >= 11 is 5.30. The molecule has 0 radical (unpaired) electrons. The molecule has 8 heteroatoms. The summed E-state index contributed by atoms with van der Waals surface area (Å²) in [4.78, 5) is 8.58. The number of alkyl halides is 3. The van der Waals surface area contributed by atoms with Gasteiger partial charge in [0.1, 0.15) is 0 Å². The van der Waals surface area contributed by atoms with E-state index in [1.165, 1.54) is 12.1 Å². The first-order valence-electron chi connectivity index (χ1n) is 8.28. The van der Waals surface area contributed by atoms with E-state index in [0.29, 0.717) is 5.69 Å². The van der Waals surface area contributed by atoms with Crippen molar-refractivity contribution < 1.29 is 13.2 Å². The van der Waals surface area contributed by atoms with Crippen LogP contribution >= 0.6 is 12.2 Å². The number of halogens is 3. The number of hydrogen-bond donors (Lipinski definition) is 2. The van der Waals surface area contributed by atoms with Crippen LogP contribution in [0.3, 0.4) is 0 Å². The first-order chi connectivity index (χ1) is 13.4. The third kappa shape index (κ3) is 3.59. The molecule has 4 aromatic rings. The minimum absolute atomic E-state index is 0.179. The Morgan fingerprint density at radius 3 is 2.61 bits per heavy atom. The van der Waals surface area contributed by atoms with Gasteiger partial charge in [0.25, 0.3) is 0 Å². The van der Waals surface area contributed by atoms with Crippen molar-refractivity contribution in [3.8, 4) is 0 Å². The molecule has 2 N–H and O–H groups in total. The molecular formula is C20H13F3N4S. The monoisotopic (exact) mass is 398 g/mol. The Labute approximate surface area is 163 Å². The van der Waals surface area contributed by atoms with Gasteiger partial charge in [-0.25, -0.2) is 0 Å². The van der Waals surface area contributed by atoms with Gasteiger partial charge < -0.3 is 10.6 Å². The molecule has 0 aliphatic carbocycles. The molecule has 0 spiro atoms. The highest BCUT2D eigenvalue weighted by Gasteiger charge is 2.30. The molecule has 0 saturated heterocycles. The van der Waals surface area contributed by atoms with Crippen molar-refractivity contribution in [3.63, 3.8) is 0 Å². The Morgan fingerprint density at radius 2 is 1.79 bits per heavy atom. The van der Waals surface area contributed by atoms with Crippen LogP contribution in [0.1, 0.15) is 5.56 Å². The molecule has 28 heavy (non-hydrogen) atoms. The van der Waals surface area contributed by atoms with Crippen molar-refractivity contribution in [3.05, 3.63) is 72.7 Å². The molecule has 4 nitrogen and oxygen atoms in total. The van der Waals surface area contributed by atoms with Crippen molar-refractivity contribution in [1.29, 1.82) is 0 Å². The molecule has 2 heterocycles. The van der Waals surface area contributed by atoms with Gasteiger partial charge in [0, 0.05) is 35.1 Å². The Kier molecular flexibility index (Phi) is 4.56. The zero-order valence-electron chi connectivity index (χ0n) is 14.3. The molecule has 0 saturated carbocycles. The van der Waals surface area contributed by atoms with E-state index in [4.69, 9.17) is 12.2 Å². The number of hydrogen-bond acceptors (Lipinski definition) is 3. The van der Waals surface area contributed by atoms with Crippen LogP contribution in [0.5, 0.6) is 0 Å². The number of aromatic nitrogens is 2. The van der Waals surface area contributed by atoms with Crippen LogP contribution < -0.4 is 10.6 Å². The van der Waals surface area contributed by atoms with Gasteiger partial charge in [-0.2, -0.15) is 13.2 Å². The minimum atomic E-state index is -4.42. The van der Waals surface area contributed by atoms with Crippen molar-refractivity contribution in [2.45, 2.75) is 6.18 Å². The van der Waals surface area contributed by atoms with Crippen LogP contribution in [0, 0.1) is 0 Å². The number of benzene rings is 2. The average Bonchev–Trinajstić information content (AvgIpc) is 2.68. The lowest BCUT2D eigenvalue weighted by Crippen LogP contribution is -2.19. The van der Waals surface area contributed by atoms with Gasteiger partial charge in [0.2, 0.25) is 0 Å². The van der Waals surface area contributed by atoms with E-state index in [1.807, 2.05) is 18.2 Å². The van der Waals surface area contributed by atoms with E-state index >= 15 is 0 Å². The minimum Gasteiger partial charge on any atom is -0.332 e. The van der Waals surface area contributed by atoms with Crippen molar-refractivity contribution in [2.24, 2.45) is 0 Å². The van der Waals surface area contributed by atoms with Gasteiger partial charge in [-0.15, -0.1) is 0 Å². The molecule has 0 unspecified atom stereocenters. The van der Waals surface area contributed by atoms with Gasteiger partial charge in [-0.3, -0.25) is 9.97 Å². The highest BCUT2D eigenvalue weighted by Crippen LogP contribution is 2.32. The van der Waals surface area contributed by atoms with E-state index in [-0.39, 0.29) is 10.8 Å². The number of rotatable bonds is 2. The first-order valence-corrected chi connectivity index (χ1v) is 8.69. The largest absolute Gasteiger partial charge is 0.416 e. The number of fused-ring (bicyclic) bond motifs is 3. The Balaban J connectivity index is 1.65. The summed E-state index contributed by atoms with van der Waals surface area (Å²) < 4.78 is 38.7. The van der Waals surface area contributed by atoms with Crippen LogP contribution in [-0.2, 0) is 6.18 Å². The van der Waals surface area contributed by atoms with Crippen LogP contribution in [0.15, 0.2) is 67.1 Å². The topological polar surface area (TPSA) is 49.8 Å². The Bertz CT molecular complexity index is 1190. The van der Waals surface area contributed by atoms with E-state index in [1.54, 1.807) is 24.7 Å². The van der Waals surface area contributed by atoms with Crippen LogP contribution in [0.4, 0.5) is 24.5 Å². The fourth-order valence-electron chi connectivity index (χ4n) is 2.96. The lowest BCUT2D eigenvalue weighted by atomic mass is 10.1. The SMILES string of the molecule is FC(F)(F)c1cccc(NC(=S)Nc2cc3ccncc3c3ncccc23)c1. The second kappa shape index (κ2) is 7.05. The number of pyridine rings is 2. The summed E-state index contributed by atoms with van der Waals surface area (Å²) in [6.45, 7) is 0. The Hall–Kier alpha value is -3.26. The lowest BCUT2D eigenvalue weighted by molar-refractivity contribution is -0.137. The molecule has 0 amide bonds. The highest BCUT2D eigenvalue weighted by atomic mass is 32.1. The molecule has 0 bridgehead atoms. The van der Waals surface area contributed by atoms with Crippen LogP contribution in [-0.4, -0.2) is 15.1 Å². The molecule has 2 aromatic carbocycles. The molecule has 2 aromatic heterocycles. The summed E-state index contributed by atoms with van der Waals surface area (Å²) in [5.41, 5.74) is 0.969. The smallest absolute Gasteiger partial charge is 0.332 e. The maximum Gasteiger partial charge on any atom is 0.416 e. The van der Waals surface area contributed by atoms with Gasteiger partial charge >= 0.3 is 6.18 Å². The average molecular weight is 398 g/mol. The molecular weight excluding hydrogens is 385 g/mol. The van der Waals surface area contributed by atoms with Crippen LogP contribution in [0.2, 0.25) is 0 Å². The normalized spacial score (nSPS) is 11.5. The zero-order valence-corrected chi connectivity index (χ0v) is 15.1. The predicted octanol–water partition coefficient (Wildman–Crippen LogP) is 5.61. The summed E-state index contributed by atoms with van der Waals surface area (Å²) in [7, 11) is 0. The summed E-state index contributed by atoms with van der Waals surface area (Å²) in [6.07, 6.45) is 0.701. The maximum atomic E-state index is 12.9. The summed E-state index contributed by atoms with van der Waals surface area (Å²) in [5.74, 6) is 0. The van der Waals surface area contributed by atoms with Gasteiger partial charge in [-0.1, -0.05) is 6.07 Å². The second-order valence-electron chi connectivity index (χ2n) is 6.08. The number of thiocarbonyl (C=S) groups is 1. The maximum absolute atomic E-state index is 12.9. The molecule has 0 fully saturated rings. The van der Waals surface area contributed by atoms with E-state index in [9.17, 15) is 13.2 Å². The van der Waals surface area contributed by atoms with Gasteiger partial charge in [-0.05, 0) is 60.1 Å². The lowest BCUT2D eigenvalue weighted by Gasteiger charge is -2.15. The number of anilines is 2. The molecule has 4 rings (SSSR count). The number of nitrogens with zero attached hydrogens (tertiary/aromatic N) is 2. The van der Waals surface area contributed by atoms with E-state index in [2.05, 4.69) is 20.6 Å². The predicted molar refractivity (Wildman–Crippen MR) is 108 cm³/mol. The van der Waals surface area contributed by atoms with Crippen molar-refractivity contribution >= 4 is 50.4 Å². The first kappa shape index (κ1) is 18.1. The van der Waals surface area contributed by atoms with Gasteiger partial charge in [0.05, 0.1) is 16.8 Å². The van der Waals surface area contributed by atoms with Crippen LogP contribution in [0.25, 0.3) is 21.7 Å². The fraction of sp³-hybridized carbons (Fsp3) is 0.0500. The quantitative estimate of drug-likeness (QED) is 0.339. The third-order valence-electron chi connectivity index (χ3n) is 4.20. The van der Waals surface area contributed by atoms with Gasteiger partial charge in [0.15, 0.2) is 5.11 Å². The van der Waals surface area contributed by atoms with Crippen molar-refractivity contribution in [1.82, 2.24) is 9.97 Å². The molecule has 0 aliphatic rings. The third-order valence-corrected chi connectivity index (χ3v) is 4.41. The Morgan fingerprint density at radius 1 is 0.929 bits per heavy atom. The van der Waals surface area contributed by atoms with E-state index in [0.717, 1.165) is 33.8 Å². The fourth-order valence-corrected chi connectivity index (χ4v) is 3.19. The molecule has 0 aliphatic heterocycles. The standard InChI is InChI=1S/C20H13F3N4S/c21-20(22,23)13-3-1-4-14(10-13)26-19(28)27-17-9-12-6-8-24-11-16(12)18-15(17)5-2-7-25-18/h1-11H,(H2,26,27,28). The molecule has 0 atom stereocenters. The highest BCUT2D eigenvalue weighted by molar-refractivity contribution is 7.80. The molecule has 140 valence electrons. The summed E-state index contributed by atoms with van der Waals surface area (Å²) in [6, 6.07) is 12.3.